The maximum Gasteiger partial charge on any atom is 0.286 e. The Morgan fingerprint density at radius 3 is 2.67 bits per heavy atom. The van der Waals surface area contributed by atoms with Crippen LogP contribution < -0.4 is 10.9 Å². The topological polar surface area (TPSA) is 94.7 Å². The van der Waals surface area contributed by atoms with E-state index in [1.165, 1.54) is 6.07 Å². The molecule has 2 atom stereocenters. The van der Waals surface area contributed by atoms with Crippen molar-refractivity contribution in [3.63, 3.8) is 0 Å². The maximum atomic E-state index is 14.0. The van der Waals surface area contributed by atoms with Crippen molar-refractivity contribution in [2.45, 2.75) is 38.0 Å². The highest BCUT2D eigenvalue weighted by molar-refractivity contribution is 5.91. The minimum atomic E-state index is -0.719. The summed E-state index contributed by atoms with van der Waals surface area (Å²) in [4.78, 5) is 25.8. The van der Waals surface area contributed by atoms with Crippen molar-refractivity contribution >= 4 is 5.91 Å². The minimum absolute atomic E-state index is 0.00175. The zero-order valence-electron chi connectivity index (χ0n) is 20.1. The third-order valence-electron chi connectivity index (χ3n) is 6.07. The van der Waals surface area contributed by atoms with Gasteiger partial charge in [-0.25, -0.2) is 9.07 Å². The summed E-state index contributed by atoms with van der Waals surface area (Å²) in [7, 11) is 1.79. The Kier molecular flexibility index (Phi) is 8.35. The fourth-order valence-electron chi connectivity index (χ4n) is 4.22. The molecule has 36 heavy (non-hydrogen) atoms. The number of nitrogens with zero attached hydrogens (tertiary/aromatic N) is 2. The molecular formula is C27H30FN3O5. The number of allylic oxidation sites excluding steroid dienone is 1. The van der Waals surface area contributed by atoms with E-state index >= 15 is 0 Å². The Morgan fingerprint density at radius 1 is 1.17 bits per heavy atom. The summed E-state index contributed by atoms with van der Waals surface area (Å²) < 4.78 is 29.0. The van der Waals surface area contributed by atoms with Crippen molar-refractivity contribution in [2.75, 3.05) is 13.2 Å². The number of aliphatic hydroxyl groups excluding tert-OH is 1. The minimum Gasteiger partial charge on any atom is -0.459 e. The van der Waals surface area contributed by atoms with E-state index in [0.717, 1.165) is 5.69 Å². The molecular weight excluding hydrogens is 465 g/mol. The number of unbranched alkanes of at least 4 members (excludes halogenated alkanes) is 1. The molecule has 0 bridgehead atoms. The number of hydrogen-bond donors (Lipinski definition) is 2. The van der Waals surface area contributed by atoms with Crippen molar-refractivity contribution in [3.8, 4) is 5.69 Å². The Labute approximate surface area is 208 Å². The summed E-state index contributed by atoms with van der Waals surface area (Å²) >= 11 is 0. The molecule has 0 saturated heterocycles. The van der Waals surface area contributed by atoms with Gasteiger partial charge in [0.1, 0.15) is 5.82 Å². The molecule has 1 amide bonds. The highest BCUT2D eigenvalue weighted by Gasteiger charge is 2.31. The number of halogens is 1. The van der Waals surface area contributed by atoms with Gasteiger partial charge < -0.3 is 19.9 Å². The first-order chi connectivity index (χ1) is 17.5. The molecule has 9 heteroatoms. The first kappa shape index (κ1) is 25.4. The third kappa shape index (κ3) is 5.92. The van der Waals surface area contributed by atoms with Gasteiger partial charge in [-0.1, -0.05) is 36.4 Å². The SMILES string of the molecule is Cn1c([C@@H]2C=C(C(=O)NCc3ccccc3F)O[C@H](OCCCCO)C2)cc(=O)n1-c1ccccc1. The van der Waals surface area contributed by atoms with Crippen LogP contribution in [0.15, 0.2) is 77.3 Å². The average Bonchev–Trinajstić information content (AvgIpc) is 3.20. The maximum absolute atomic E-state index is 14.0. The number of carbonyl (C=O) groups is 1. The number of para-hydroxylation sites is 1. The number of rotatable bonds is 10. The van der Waals surface area contributed by atoms with E-state index in [1.807, 2.05) is 30.3 Å². The zero-order chi connectivity index (χ0) is 25.5. The molecule has 2 heterocycles. The van der Waals surface area contributed by atoms with Crippen LogP contribution >= 0.6 is 0 Å². The van der Waals surface area contributed by atoms with Gasteiger partial charge in [-0.05, 0) is 37.1 Å². The van der Waals surface area contributed by atoms with Crippen LogP contribution in [0, 0.1) is 5.82 Å². The summed E-state index contributed by atoms with van der Waals surface area (Å²) in [6.07, 6.45) is 2.59. The summed E-state index contributed by atoms with van der Waals surface area (Å²) in [6, 6.07) is 17.1. The number of ether oxygens (including phenoxy) is 2. The van der Waals surface area contributed by atoms with Gasteiger partial charge in [-0.15, -0.1) is 0 Å². The summed E-state index contributed by atoms with van der Waals surface area (Å²) in [6.45, 7) is 0.421. The van der Waals surface area contributed by atoms with Crippen LogP contribution in [-0.2, 0) is 27.9 Å². The monoisotopic (exact) mass is 495 g/mol. The number of nitrogens with one attached hydrogen (secondary N) is 1. The number of aliphatic hydroxyl groups is 1. The summed E-state index contributed by atoms with van der Waals surface area (Å²) in [5.74, 6) is -1.19. The predicted molar refractivity (Wildman–Crippen MR) is 132 cm³/mol. The molecule has 0 aliphatic carbocycles. The first-order valence-electron chi connectivity index (χ1n) is 11.9. The second-order valence-electron chi connectivity index (χ2n) is 8.57. The molecule has 0 saturated carbocycles. The fourth-order valence-corrected chi connectivity index (χ4v) is 4.22. The smallest absolute Gasteiger partial charge is 0.286 e. The van der Waals surface area contributed by atoms with Crippen molar-refractivity contribution < 1.29 is 23.8 Å². The lowest BCUT2D eigenvalue weighted by Gasteiger charge is -2.29. The number of benzene rings is 2. The molecule has 0 fully saturated rings. The van der Waals surface area contributed by atoms with Crippen LogP contribution in [0.5, 0.6) is 0 Å². The quantitative estimate of drug-likeness (QED) is 0.422. The van der Waals surface area contributed by atoms with Gasteiger partial charge in [0.25, 0.3) is 11.5 Å². The van der Waals surface area contributed by atoms with Gasteiger partial charge >= 0.3 is 0 Å². The van der Waals surface area contributed by atoms with E-state index in [0.29, 0.717) is 37.1 Å². The van der Waals surface area contributed by atoms with E-state index in [-0.39, 0.29) is 30.4 Å². The largest absolute Gasteiger partial charge is 0.459 e. The molecule has 4 rings (SSSR count). The van der Waals surface area contributed by atoms with Gasteiger partial charge in [0.05, 0.1) is 12.3 Å². The van der Waals surface area contributed by atoms with Gasteiger partial charge in [0.2, 0.25) is 6.29 Å². The molecule has 1 aliphatic rings. The standard InChI is InChI=1S/C27H30FN3O5/c1-30-23(17-25(33)31(30)21-10-3-2-4-11-21)20-15-24(36-26(16-20)35-14-8-7-13-32)27(34)29-18-19-9-5-6-12-22(19)28/h2-6,9-12,15,17,20,26,32H,7-8,13-14,16,18H2,1H3,(H,29,34)/t20-,26+/m1/s1. The van der Waals surface area contributed by atoms with Crippen molar-refractivity contribution in [1.82, 2.24) is 14.7 Å². The van der Waals surface area contributed by atoms with E-state index in [9.17, 15) is 14.0 Å². The highest BCUT2D eigenvalue weighted by Crippen LogP contribution is 2.31. The van der Waals surface area contributed by atoms with Crippen molar-refractivity contribution in [3.05, 3.63) is 99.9 Å². The van der Waals surface area contributed by atoms with Gasteiger partial charge in [-0.3, -0.25) is 14.3 Å². The second-order valence-corrected chi connectivity index (χ2v) is 8.57. The molecule has 2 aromatic carbocycles. The highest BCUT2D eigenvalue weighted by atomic mass is 19.1. The van der Waals surface area contributed by atoms with Crippen LogP contribution in [0.2, 0.25) is 0 Å². The first-order valence-corrected chi connectivity index (χ1v) is 11.9. The van der Waals surface area contributed by atoms with Gasteiger partial charge in [-0.2, -0.15) is 0 Å². The fraction of sp³-hybridized carbons (Fsp3) is 0.333. The summed E-state index contributed by atoms with van der Waals surface area (Å²) in [5, 5.41) is 11.7. The van der Waals surface area contributed by atoms with E-state index in [2.05, 4.69) is 5.32 Å². The van der Waals surface area contributed by atoms with Gasteiger partial charge in [0.15, 0.2) is 5.76 Å². The van der Waals surface area contributed by atoms with Crippen LogP contribution in [0.3, 0.4) is 0 Å². The Bertz CT molecular complexity index is 1270. The summed E-state index contributed by atoms with van der Waals surface area (Å²) in [5.41, 5.74) is 1.60. The van der Waals surface area contributed by atoms with Crippen molar-refractivity contribution in [2.24, 2.45) is 7.05 Å². The second kappa shape index (κ2) is 11.8. The van der Waals surface area contributed by atoms with Crippen molar-refractivity contribution in [1.29, 1.82) is 0 Å². The molecule has 0 unspecified atom stereocenters. The number of amides is 1. The lowest BCUT2D eigenvalue weighted by molar-refractivity contribution is -0.146. The molecule has 2 N–H and O–H groups in total. The van der Waals surface area contributed by atoms with E-state index < -0.39 is 18.0 Å². The number of carbonyl (C=O) groups excluding carboxylic acids is 1. The Balaban J connectivity index is 1.58. The molecule has 0 spiro atoms. The van der Waals surface area contributed by atoms with Crippen LogP contribution in [0.4, 0.5) is 4.39 Å². The third-order valence-corrected chi connectivity index (χ3v) is 6.07. The predicted octanol–water partition coefficient (Wildman–Crippen LogP) is 3.13. The molecule has 8 nitrogen and oxygen atoms in total. The lowest BCUT2D eigenvalue weighted by atomic mass is 9.97. The van der Waals surface area contributed by atoms with E-state index in [1.54, 1.807) is 46.8 Å². The molecule has 1 aliphatic heterocycles. The molecule has 0 radical (unpaired) electrons. The molecule has 3 aromatic rings. The number of aromatic nitrogens is 2. The Hall–Kier alpha value is -3.69. The number of hydrogen-bond acceptors (Lipinski definition) is 5. The molecule has 1 aromatic heterocycles. The van der Waals surface area contributed by atoms with Gasteiger partial charge in [0, 0.05) is 49.9 Å². The van der Waals surface area contributed by atoms with E-state index in [4.69, 9.17) is 14.6 Å². The van der Waals surface area contributed by atoms with Crippen LogP contribution in [0.25, 0.3) is 5.69 Å². The zero-order valence-corrected chi connectivity index (χ0v) is 20.1. The molecule has 190 valence electrons. The average molecular weight is 496 g/mol. The van der Waals surface area contributed by atoms with Crippen LogP contribution in [-0.4, -0.2) is 39.9 Å². The lowest BCUT2D eigenvalue weighted by Crippen LogP contribution is -2.33. The Morgan fingerprint density at radius 2 is 1.92 bits per heavy atom. The van der Waals surface area contributed by atoms with Crippen LogP contribution in [0.1, 0.15) is 36.4 Å². The normalized spacial score (nSPS) is 17.4.